The molecule has 3 aliphatic rings. The second-order valence-electron chi connectivity index (χ2n) is 6.62. The van der Waals surface area contributed by atoms with E-state index in [9.17, 15) is 4.79 Å². The van der Waals surface area contributed by atoms with Crippen LogP contribution in [0.2, 0.25) is 0 Å². The molecule has 0 aromatic carbocycles. The number of amides is 1. The van der Waals surface area contributed by atoms with Crippen molar-refractivity contribution in [3.05, 3.63) is 16.6 Å². The van der Waals surface area contributed by atoms with E-state index >= 15 is 0 Å². The van der Waals surface area contributed by atoms with Gasteiger partial charge in [-0.15, -0.1) is 11.3 Å². The van der Waals surface area contributed by atoms with Crippen LogP contribution in [-0.2, 0) is 16.1 Å². The average Bonchev–Trinajstić information content (AvgIpc) is 3.18. The molecule has 0 N–H and O–H groups in total. The lowest BCUT2D eigenvalue weighted by Crippen LogP contribution is -2.61. The normalized spacial score (nSPS) is 33.2. The van der Waals surface area contributed by atoms with Crippen molar-refractivity contribution >= 4 is 17.2 Å². The van der Waals surface area contributed by atoms with E-state index in [-0.39, 0.29) is 12.1 Å². The summed E-state index contributed by atoms with van der Waals surface area (Å²) in [7, 11) is 0. The molecule has 1 amide bonds. The minimum absolute atomic E-state index is 0.231. The molecule has 3 atom stereocenters. The zero-order valence-electron chi connectivity index (χ0n) is 12.8. The van der Waals surface area contributed by atoms with Crippen LogP contribution in [0.25, 0.3) is 0 Å². The monoisotopic (exact) mass is 321 g/mol. The van der Waals surface area contributed by atoms with Gasteiger partial charge < -0.3 is 9.64 Å². The average molecular weight is 321 g/mol. The summed E-state index contributed by atoms with van der Waals surface area (Å²) in [6, 6.07) is 0.231. The molecular formula is C16H23N3O2S. The maximum Gasteiger partial charge on any atom is 0.223 e. The number of carbonyl (C=O) groups is 1. The Morgan fingerprint density at radius 3 is 3.09 bits per heavy atom. The molecular weight excluding hydrogens is 298 g/mol. The Balaban J connectivity index is 1.52. The van der Waals surface area contributed by atoms with Gasteiger partial charge in [-0.1, -0.05) is 0 Å². The number of aromatic nitrogens is 1. The zero-order chi connectivity index (χ0) is 14.9. The first-order chi connectivity index (χ1) is 10.8. The van der Waals surface area contributed by atoms with Gasteiger partial charge in [0.1, 0.15) is 5.01 Å². The van der Waals surface area contributed by atoms with E-state index in [2.05, 4.69) is 14.8 Å². The molecule has 1 aromatic heterocycles. The Kier molecular flexibility index (Phi) is 4.15. The van der Waals surface area contributed by atoms with E-state index in [4.69, 9.17) is 4.74 Å². The molecule has 3 fully saturated rings. The smallest absolute Gasteiger partial charge is 0.223 e. The van der Waals surface area contributed by atoms with Gasteiger partial charge in [0, 0.05) is 44.2 Å². The van der Waals surface area contributed by atoms with Gasteiger partial charge in [0.25, 0.3) is 0 Å². The van der Waals surface area contributed by atoms with E-state index in [0.29, 0.717) is 18.2 Å². The van der Waals surface area contributed by atoms with Crippen molar-refractivity contribution in [1.29, 1.82) is 0 Å². The Morgan fingerprint density at radius 2 is 2.32 bits per heavy atom. The molecule has 0 radical (unpaired) electrons. The molecule has 0 saturated carbocycles. The molecule has 120 valence electrons. The van der Waals surface area contributed by atoms with E-state index in [1.165, 1.54) is 11.4 Å². The fourth-order valence-electron chi connectivity index (χ4n) is 4.21. The third kappa shape index (κ3) is 2.79. The molecule has 1 aromatic rings. The number of carbonyl (C=O) groups excluding carboxylic acids is 1. The third-order valence-corrected chi connectivity index (χ3v) is 5.93. The van der Waals surface area contributed by atoms with Crippen LogP contribution < -0.4 is 0 Å². The number of nitrogens with zero attached hydrogens (tertiary/aromatic N) is 3. The summed E-state index contributed by atoms with van der Waals surface area (Å²) >= 11 is 1.72. The Hall–Kier alpha value is -0.980. The predicted molar refractivity (Wildman–Crippen MR) is 84.6 cm³/mol. The largest absolute Gasteiger partial charge is 0.376 e. The summed E-state index contributed by atoms with van der Waals surface area (Å²) in [6.45, 7) is 4.65. The number of fused-ring (bicyclic) bond motifs is 1. The van der Waals surface area contributed by atoms with Crippen LogP contribution in [0.1, 0.15) is 30.7 Å². The lowest BCUT2D eigenvalue weighted by atomic mass is 9.84. The molecule has 5 nitrogen and oxygen atoms in total. The maximum absolute atomic E-state index is 12.2. The van der Waals surface area contributed by atoms with E-state index < -0.39 is 0 Å². The quantitative estimate of drug-likeness (QED) is 0.851. The molecule has 0 bridgehead atoms. The van der Waals surface area contributed by atoms with Gasteiger partial charge >= 0.3 is 0 Å². The van der Waals surface area contributed by atoms with Crippen LogP contribution >= 0.6 is 11.3 Å². The van der Waals surface area contributed by atoms with E-state index in [0.717, 1.165) is 45.6 Å². The van der Waals surface area contributed by atoms with Gasteiger partial charge in [0.15, 0.2) is 0 Å². The van der Waals surface area contributed by atoms with Crippen molar-refractivity contribution < 1.29 is 9.53 Å². The minimum atomic E-state index is 0.231. The van der Waals surface area contributed by atoms with Crippen molar-refractivity contribution in [3.63, 3.8) is 0 Å². The first-order valence-corrected chi connectivity index (χ1v) is 9.21. The number of rotatable bonds is 3. The van der Waals surface area contributed by atoms with Crippen molar-refractivity contribution in [2.45, 2.75) is 44.4 Å². The molecule has 3 saturated heterocycles. The lowest BCUT2D eigenvalue weighted by molar-refractivity contribution is -0.145. The summed E-state index contributed by atoms with van der Waals surface area (Å²) in [5.74, 6) is 0.870. The summed E-state index contributed by atoms with van der Waals surface area (Å²) in [6.07, 6.45) is 6.19. The lowest BCUT2D eigenvalue weighted by Gasteiger charge is -2.48. The van der Waals surface area contributed by atoms with Gasteiger partial charge in [-0.2, -0.15) is 0 Å². The Labute approximate surface area is 135 Å². The number of thiazole rings is 1. The Bertz CT molecular complexity index is 521. The standard InChI is InChI=1S/C16H23N3O2S/c20-15-4-1-6-19(15)13-10-18(11-14-17-5-8-22-14)9-12-3-2-7-21-16(12)13/h5,8,12-13,16H,1-4,6-7,9-11H2/t12-,13-,16-/m1/s1. The topological polar surface area (TPSA) is 45.7 Å². The molecule has 0 aliphatic carbocycles. The highest BCUT2D eigenvalue weighted by molar-refractivity contribution is 7.09. The fourth-order valence-corrected chi connectivity index (χ4v) is 4.87. The first kappa shape index (κ1) is 14.6. The molecule has 3 aliphatic heterocycles. The Morgan fingerprint density at radius 1 is 1.36 bits per heavy atom. The number of piperidine rings is 1. The second-order valence-corrected chi connectivity index (χ2v) is 7.59. The fraction of sp³-hybridized carbons (Fsp3) is 0.750. The van der Waals surface area contributed by atoms with E-state index in [1.54, 1.807) is 11.3 Å². The first-order valence-electron chi connectivity index (χ1n) is 8.33. The number of hydrogen-bond donors (Lipinski definition) is 0. The van der Waals surface area contributed by atoms with Gasteiger partial charge in [-0.3, -0.25) is 9.69 Å². The van der Waals surface area contributed by atoms with Crippen LogP contribution in [0.4, 0.5) is 0 Å². The molecule has 4 heterocycles. The minimum Gasteiger partial charge on any atom is -0.376 e. The summed E-state index contributed by atoms with van der Waals surface area (Å²) < 4.78 is 6.11. The maximum atomic E-state index is 12.2. The second kappa shape index (κ2) is 6.26. The third-order valence-electron chi connectivity index (χ3n) is 5.16. The number of hydrogen-bond acceptors (Lipinski definition) is 5. The van der Waals surface area contributed by atoms with E-state index in [1.807, 2.05) is 11.6 Å². The van der Waals surface area contributed by atoms with Crippen LogP contribution in [0.15, 0.2) is 11.6 Å². The predicted octanol–water partition coefficient (Wildman–Crippen LogP) is 1.74. The van der Waals surface area contributed by atoms with Gasteiger partial charge in [-0.25, -0.2) is 4.98 Å². The molecule has 0 spiro atoms. The van der Waals surface area contributed by atoms with Crippen molar-refractivity contribution in [3.8, 4) is 0 Å². The van der Waals surface area contributed by atoms with Crippen molar-refractivity contribution in [1.82, 2.24) is 14.8 Å². The summed E-state index contributed by atoms with van der Waals surface area (Å²) in [5.41, 5.74) is 0. The highest BCUT2D eigenvalue weighted by Crippen LogP contribution is 2.33. The van der Waals surface area contributed by atoms with Gasteiger partial charge in [-0.05, 0) is 25.2 Å². The van der Waals surface area contributed by atoms with Crippen LogP contribution in [-0.4, -0.2) is 59.1 Å². The molecule has 4 rings (SSSR count). The zero-order valence-corrected chi connectivity index (χ0v) is 13.6. The summed E-state index contributed by atoms with van der Waals surface area (Å²) in [5, 5.41) is 3.20. The van der Waals surface area contributed by atoms with Crippen LogP contribution in [0.5, 0.6) is 0 Å². The van der Waals surface area contributed by atoms with Gasteiger partial charge in [0.05, 0.1) is 18.7 Å². The molecule has 0 unspecified atom stereocenters. The highest BCUT2D eigenvalue weighted by Gasteiger charge is 2.44. The van der Waals surface area contributed by atoms with Crippen molar-refractivity contribution in [2.75, 3.05) is 26.2 Å². The summed E-state index contributed by atoms with van der Waals surface area (Å²) in [4.78, 5) is 21.2. The van der Waals surface area contributed by atoms with Crippen LogP contribution in [0.3, 0.4) is 0 Å². The highest BCUT2D eigenvalue weighted by atomic mass is 32.1. The SMILES string of the molecule is O=C1CCCN1[C@@H]1CN(Cc2nccs2)C[C@H]2CCCO[C@H]21. The molecule has 6 heteroatoms. The van der Waals surface area contributed by atoms with Crippen LogP contribution in [0, 0.1) is 5.92 Å². The van der Waals surface area contributed by atoms with Crippen molar-refractivity contribution in [2.24, 2.45) is 5.92 Å². The molecule has 22 heavy (non-hydrogen) atoms. The number of ether oxygens (including phenoxy) is 1. The van der Waals surface area contributed by atoms with Gasteiger partial charge in [0.2, 0.25) is 5.91 Å². The number of likely N-dealkylation sites (tertiary alicyclic amines) is 2.